The molecule has 8 heteroatoms. The van der Waals surface area contributed by atoms with Crippen molar-refractivity contribution in [3.05, 3.63) is 22.4 Å². The zero-order valence-electron chi connectivity index (χ0n) is 9.28. The first-order chi connectivity index (χ1) is 8.30. The average molecular weight is 339 g/mol. The number of nitrogens with two attached hydrogens (primary N) is 1. The molecule has 5 nitrogen and oxygen atoms in total. The van der Waals surface area contributed by atoms with Crippen molar-refractivity contribution in [2.75, 3.05) is 12.3 Å². The molecule has 0 heterocycles. The molecule has 0 saturated heterocycles. The highest BCUT2D eigenvalue weighted by Crippen LogP contribution is 2.37. The van der Waals surface area contributed by atoms with Crippen LogP contribution >= 0.6 is 15.9 Å². The number of hydrogen-bond acceptors (Lipinski definition) is 4. The summed E-state index contributed by atoms with van der Waals surface area (Å²) in [6, 6.07) is 2.05. The molecule has 100 valence electrons. The lowest BCUT2D eigenvalue weighted by molar-refractivity contribution is 0.246. The van der Waals surface area contributed by atoms with E-state index < -0.39 is 21.4 Å². The highest BCUT2D eigenvalue weighted by Gasteiger charge is 2.45. The van der Waals surface area contributed by atoms with Crippen LogP contribution in [0.15, 0.2) is 21.5 Å². The number of benzene rings is 1. The fraction of sp³-hybridized carbons (Fsp3) is 0.400. The van der Waals surface area contributed by atoms with Crippen molar-refractivity contribution in [1.82, 2.24) is 4.72 Å². The minimum Gasteiger partial charge on any atom is -0.396 e. The monoisotopic (exact) mass is 338 g/mol. The number of nitrogen functional groups attached to an aromatic ring is 1. The molecule has 4 N–H and O–H groups in total. The normalized spacial score (nSPS) is 17.7. The van der Waals surface area contributed by atoms with Gasteiger partial charge in [-0.25, -0.2) is 17.5 Å². The van der Waals surface area contributed by atoms with Crippen molar-refractivity contribution < 1.29 is 17.9 Å². The number of hydrogen-bond donors (Lipinski definition) is 3. The maximum Gasteiger partial charge on any atom is 0.242 e. The summed E-state index contributed by atoms with van der Waals surface area (Å²) in [7, 11) is -3.84. The lowest BCUT2D eigenvalue weighted by atomic mass is 10.3. The number of rotatable bonds is 4. The quantitative estimate of drug-likeness (QED) is 0.713. The summed E-state index contributed by atoms with van der Waals surface area (Å²) in [5.41, 5.74) is 4.34. The Balaban J connectivity index is 2.39. The number of aliphatic hydroxyl groups is 1. The molecule has 1 fully saturated rings. The summed E-state index contributed by atoms with van der Waals surface area (Å²) in [5.74, 6) is -0.691. The van der Waals surface area contributed by atoms with Gasteiger partial charge in [0, 0.05) is 4.47 Å². The molecule has 2 rings (SSSR count). The number of aliphatic hydroxyl groups excluding tert-OH is 1. The number of nitrogens with one attached hydrogen (secondary N) is 1. The molecule has 18 heavy (non-hydrogen) atoms. The van der Waals surface area contributed by atoms with Gasteiger partial charge in [0.05, 0.1) is 22.7 Å². The van der Waals surface area contributed by atoms with Crippen molar-refractivity contribution in [1.29, 1.82) is 0 Å². The second-order valence-corrected chi connectivity index (χ2v) is 6.85. The number of sulfonamides is 1. The Bertz CT molecular complexity index is 587. The van der Waals surface area contributed by atoms with Gasteiger partial charge in [-0.3, -0.25) is 0 Å². The maximum absolute atomic E-state index is 13.2. The van der Waals surface area contributed by atoms with Crippen LogP contribution in [0, 0.1) is 5.82 Å². The maximum atomic E-state index is 13.2. The summed E-state index contributed by atoms with van der Waals surface area (Å²) in [6.07, 6.45) is 1.16. The van der Waals surface area contributed by atoms with Gasteiger partial charge in [0.1, 0.15) is 5.82 Å². The first-order valence-corrected chi connectivity index (χ1v) is 7.47. The van der Waals surface area contributed by atoms with Gasteiger partial charge < -0.3 is 10.8 Å². The summed E-state index contributed by atoms with van der Waals surface area (Å²) in [6.45, 7) is -0.263. The standard InChI is InChI=1S/C10H12BrFN2O3S/c11-6-3-7(12)8(13)4-9(6)18(16,17)14-10(5-15)1-2-10/h3-4,14-15H,1-2,5,13H2. The van der Waals surface area contributed by atoms with Crippen LogP contribution < -0.4 is 10.5 Å². The van der Waals surface area contributed by atoms with Gasteiger partial charge in [-0.1, -0.05) is 0 Å². The van der Waals surface area contributed by atoms with E-state index >= 15 is 0 Å². The van der Waals surface area contributed by atoms with E-state index in [0.29, 0.717) is 12.8 Å². The Morgan fingerprint density at radius 3 is 2.61 bits per heavy atom. The third-order valence-electron chi connectivity index (χ3n) is 2.85. The molecule has 0 aromatic heterocycles. The van der Waals surface area contributed by atoms with Crippen molar-refractivity contribution >= 4 is 31.6 Å². The van der Waals surface area contributed by atoms with Crippen LogP contribution in [0.25, 0.3) is 0 Å². The SMILES string of the molecule is Nc1cc(S(=O)(=O)NC2(CO)CC2)c(Br)cc1F. The second-order valence-electron chi connectivity index (χ2n) is 4.35. The van der Waals surface area contributed by atoms with E-state index in [1.165, 1.54) is 0 Å². The largest absolute Gasteiger partial charge is 0.396 e. The summed E-state index contributed by atoms with van der Waals surface area (Å²) in [5, 5.41) is 9.11. The lowest BCUT2D eigenvalue weighted by Gasteiger charge is -2.16. The molecule has 0 bridgehead atoms. The Morgan fingerprint density at radius 1 is 1.50 bits per heavy atom. The molecule has 0 aliphatic heterocycles. The molecule has 0 radical (unpaired) electrons. The van der Waals surface area contributed by atoms with Gasteiger partial charge >= 0.3 is 0 Å². The third kappa shape index (κ3) is 2.51. The van der Waals surface area contributed by atoms with E-state index in [0.717, 1.165) is 12.1 Å². The molecule has 0 unspecified atom stereocenters. The average Bonchev–Trinajstić information content (AvgIpc) is 3.03. The lowest BCUT2D eigenvalue weighted by Crippen LogP contribution is -2.39. The zero-order valence-corrected chi connectivity index (χ0v) is 11.7. The summed E-state index contributed by atoms with van der Waals surface area (Å²) >= 11 is 2.99. The Morgan fingerprint density at radius 2 is 2.11 bits per heavy atom. The van der Waals surface area contributed by atoms with E-state index in [2.05, 4.69) is 20.7 Å². The molecule has 0 spiro atoms. The molecule has 0 amide bonds. The molecule has 1 saturated carbocycles. The van der Waals surface area contributed by atoms with Gasteiger partial charge in [0.2, 0.25) is 10.0 Å². The van der Waals surface area contributed by atoms with Crippen LogP contribution in [0.2, 0.25) is 0 Å². The number of halogens is 2. The highest BCUT2D eigenvalue weighted by molar-refractivity contribution is 9.10. The highest BCUT2D eigenvalue weighted by atomic mass is 79.9. The van der Waals surface area contributed by atoms with Crippen molar-refractivity contribution in [2.24, 2.45) is 0 Å². The number of anilines is 1. The van der Waals surface area contributed by atoms with Gasteiger partial charge in [-0.15, -0.1) is 0 Å². The summed E-state index contributed by atoms with van der Waals surface area (Å²) in [4.78, 5) is -0.138. The molecule has 0 atom stereocenters. The predicted molar refractivity (Wildman–Crippen MR) is 67.9 cm³/mol. The van der Waals surface area contributed by atoms with Crippen LogP contribution in [-0.4, -0.2) is 25.7 Å². The first-order valence-electron chi connectivity index (χ1n) is 5.19. The first kappa shape index (κ1) is 13.7. The van der Waals surface area contributed by atoms with E-state index in [9.17, 15) is 12.8 Å². The van der Waals surface area contributed by atoms with Crippen LogP contribution in [0.3, 0.4) is 0 Å². The minimum absolute atomic E-state index is 0.0930. The van der Waals surface area contributed by atoms with Gasteiger partial charge in [0.25, 0.3) is 0 Å². The van der Waals surface area contributed by atoms with E-state index in [1.807, 2.05) is 0 Å². The molecular weight excluding hydrogens is 327 g/mol. The van der Waals surface area contributed by atoms with Crippen molar-refractivity contribution in [2.45, 2.75) is 23.3 Å². The predicted octanol–water partition coefficient (Wildman–Crippen LogP) is 0.974. The Hall–Kier alpha value is -0.700. The third-order valence-corrected chi connectivity index (χ3v) is 5.38. The van der Waals surface area contributed by atoms with Crippen LogP contribution in [-0.2, 0) is 10.0 Å². The fourth-order valence-electron chi connectivity index (χ4n) is 1.53. The van der Waals surface area contributed by atoms with E-state index in [1.54, 1.807) is 0 Å². The van der Waals surface area contributed by atoms with E-state index in [4.69, 9.17) is 10.8 Å². The van der Waals surface area contributed by atoms with Crippen LogP contribution in [0.4, 0.5) is 10.1 Å². The van der Waals surface area contributed by atoms with Crippen LogP contribution in [0.1, 0.15) is 12.8 Å². The Labute approximate surface area is 112 Å². The fourth-order valence-corrected chi connectivity index (χ4v) is 4.04. The van der Waals surface area contributed by atoms with Crippen molar-refractivity contribution in [3.8, 4) is 0 Å². The smallest absolute Gasteiger partial charge is 0.242 e. The molecular formula is C10H12BrFN2O3S. The Kier molecular flexibility index (Phi) is 3.39. The van der Waals surface area contributed by atoms with Gasteiger partial charge in [0.15, 0.2) is 0 Å². The molecule has 1 aromatic carbocycles. The second kappa shape index (κ2) is 4.44. The molecule has 1 aromatic rings. The van der Waals surface area contributed by atoms with Gasteiger partial charge in [-0.2, -0.15) is 0 Å². The molecule has 1 aliphatic rings. The molecule has 1 aliphatic carbocycles. The minimum atomic E-state index is -3.84. The van der Waals surface area contributed by atoms with Gasteiger partial charge in [-0.05, 0) is 40.9 Å². The summed E-state index contributed by atoms with van der Waals surface area (Å²) < 4.78 is 39.9. The zero-order chi connectivity index (χ0) is 13.6. The van der Waals surface area contributed by atoms with Crippen molar-refractivity contribution in [3.63, 3.8) is 0 Å². The van der Waals surface area contributed by atoms with Crippen LogP contribution in [0.5, 0.6) is 0 Å². The van der Waals surface area contributed by atoms with E-state index in [-0.39, 0.29) is 21.7 Å². The topological polar surface area (TPSA) is 92.4 Å².